The van der Waals surface area contributed by atoms with Crippen molar-refractivity contribution in [3.05, 3.63) is 0 Å². The molecule has 7 rings (SSSR count). The van der Waals surface area contributed by atoms with Crippen LogP contribution in [-0.4, -0.2) is 77.5 Å². The third kappa shape index (κ3) is 5.05. The number of aliphatic carboxylic acids is 1. The normalized spacial score (nSPS) is 48.8. The average Bonchev–Trinajstić information content (AvgIpc) is 3.50. The predicted octanol–water partition coefficient (Wildman–Crippen LogP) is 6.26. The molecular weight excluding hydrogens is 542 g/mol. The van der Waals surface area contributed by atoms with Crippen molar-refractivity contribution >= 4 is 5.97 Å². The lowest BCUT2D eigenvalue weighted by molar-refractivity contribution is -0.245. The second kappa shape index (κ2) is 10.7. The number of hydrogen-bond donors (Lipinski definition) is 2. The van der Waals surface area contributed by atoms with E-state index in [0.29, 0.717) is 47.2 Å². The first-order valence-corrected chi connectivity index (χ1v) is 17.9. The molecule has 10 unspecified atom stereocenters. The summed E-state index contributed by atoms with van der Waals surface area (Å²) in [6.45, 7) is 14.5. The number of carboxylic acids is 1. The molecule has 244 valence electrons. The molecule has 43 heavy (non-hydrogen) atoms. The van der Waals surface area contributed by atoms with E-state index >= 15 is 0 Å². The van der Waals surface area contributed by atoms with Crippen LogP contribution in [0.5, 0.6) is 0 Å². The third-order valence-corrected chi connectivity index (χ3v) is 14.6. The smallest absolute Gasteiger partial charge is 0.303 e. The number of rotatable bonds is 8. The molecule has 2 heterocycles. The van der Waals surface area contributed by atoms with Crippen LogP contribution >= 0.6 is 0 Å². The second-order valence-electron chi connectivity index (χ2n) is 17.7. The lowest BCUT2D eigenvalue weighted by Crippen LogP contribution is -2.56. The summed E-state index contributed by atoms with van der Waals surface area (Å²) in [6.07, 6.45) is 15.2. The van der Waals surface area contributed by atoms with Crippen LogP contribution in [0.1, 0.15) is 118 Å². The van der Waals surface area contributed by atoms with Crippen molar-refractivity contribution in [2.24, 2.45) is 45.3 Å². The van der Waals surface area contributed by atoms with E-state index in [0.717, 1.165) is 50.7 Å². The quantitative estimate of drug-likeness (QED) is 0.339. The van der Waals surface area contributed by atoms with Gasteiger partial charge in [-0.1, -0.05) is 20.8 Å². The lowest BCUT2D eigenvalue weighted by atomic mass is 9.46. The summed E-state index contributed by atoms with van der Waals surface area (Å²) in [5, 5.41) is 19.5. The minimum absolute atomic E-state index is 0.125. The maximum atomic E-state index is 11.0. The van der Waals surface area contributed by atoms with Crippen molar-refractivity contribution < 1.29 is 29.2 Å². The van der Waals surface area contributed by atoms with Crippen molar-refractivity contribution in [2.75, 3.05) is 26.2 Å². The Morgan fingerprint density at radius 2 is 1.79 bits per heavy atom. The van der Waals surface area contributed by atoms with E-state index in [1.807, 2.05) is 13.8 Å². The maximum Gasteiger partial charge on any atom is 0.303 e. The standard InChI is InChI=1S/C36H59NO6/c1-32(2,40)20-23-8-9-25-27(42-23)19-26-24-10-11-28-33(3,4)29(12-13-36(28)22-35(24,36)15-14-34(25,26)5)43-31-21-37(17-18-41-31)16-6-7-30(38)39/h23-29,31,40H,6-22H2,1-5H3,(H,38,39)/t23?,24?,25-,26?,27?,28?,29?,31?,34?,35?,36?/m0/s1. The van der Waals surface area contributed by atoms with Gasteiger partial charge in [0.25, 0.3) is 0 Å². The fourth-order valence-electron chi connectivity index (χ4n) is 12.8. The summed E-state index contributed by atoms with van der Waals surface area (Å²) in [7, 11) is 0. The van der Waals surface area contributed by atoms with Crippen molar-refractivity contribution in [1.29, 1.82) is 0 Å². The minimum atomic E-state index is -0.718. The molecule has 7 heteroatoms. The van der Waals surface area contributed by atoms with E-state index in [9.17, 15) is 9.90 Å². The van der Waals surface area contributed by atoms with Crippen LogP contribution in [0, 0.1) is 45.3 Å². The van der Waals surface area contributed by atoms with Gasteiger partial charge in [0.2, 0.25) is 0 Å². The monoisotopic (exact) mass is 601 g/mol. The van der Waals surface area contributed by atoms with Crippen LogP contribution in [0.2, 0.25) is 0 Å². The topological polar surface area (TPSA) is 88.5 Å². The molecule has 11 atom stereocenters. The van der Waals surface area contributed by atoms with Gasteiger partial charge in [-0.15, -0.1) is 0 Å². The minimum Gasteiger partial charge on any atom is -0.481 e. The number of fused-ring (bicyclic) bond motifs is 4. The first-order chi connectivity index (χ1) is 20.3. The molecule has 2 aliphatic heterocycles. The van der Waals surface area contributed by atoms with Gasteiger partial charge in [0.15, 0.2) is 6.29 Å². The summed E-state index contributed by atoms with van der Waals surface area (Å²) < 4.78 is 19.8. The summed E-state index contributed by atoms with van der Waals surface area (Å²) in [5.74, 6) is 2.33. The largest absolute Gasteiger partial charge is 0.481 e. The van der Waals surface area contributed by atoms with Crippen LogP contribution in [0.4, 0.5) is 0 Å². The van der Waals surface area contributed by atoms with Gasteiger partial charge >= 0.3 is 5.97 Å². The second-order valence-corrected chi connectivity index (χ2v) is 17.7. The van der Waals surface area contributed by atoms with Crippen LogP contribution < -0.4 is 0 Å². The number of ether oxygens (including phenoxy) is 3. The van der Waals surface area contributed by atoms with Gasteiger partial charge in [0.1, 0.15) is 0 Å². The van der Waals surface area contributed by atoms with Gasteiger partial charge in [-0.3, -0.25) is 9.69 Å². The molecule has 0 radical (unpaired) electrons. The zero-order chi connectivity index (χ0) is 30.4. The molecule has 7 fully saturated rings. The van der Waals surface area contributed by atoms with Gasteiger partial charge in [0.05, 0.1) is 30.5 Å². The molecule has 2 spiro atoms. The summed E-state index contributed by atoms with van der Waals surface area (Å²) in [5.41, 5.74) is 0.913. The zero-order valence-corrected chi connectivity index (χ0v) is 27.6. The Kier molecular flexibility index (Phi) is 7.65. The highest BCUT2D eigenvalue weighted by Crippen LogP contribution is 2.87. The van der Waals surface area contributed by atoms with E-state index in [1.54, 1.807) is 0 Å². The number of nitrogens with zero attached hydrogens (tertiary/aromatic N) is 1. The fourth-order valence-corrected chi connectivity index (χ4v) is 12.8. The molecule has 2 saturated heterocycles. The van der Waals surface area contributed by atoms with Gasteiger partial charge in [-0.25, -0.2) is 0 Å². The molecule has 7 aliphatic rings. The Morgan fingerprint density at radius 1 is 1.00 bits per heavy atom. The van der Waals surface area contributed by atoms with Crippen molar-refractivity contribution in [3.63, 3.8) is 0 Å². The first-order valence-electron chi connectivity index (χ1n) is 17.9. The maximum absolute atomic E-state index is 11.0. The molecule has 0 aromatic carbocycles. The van der Waals surface area contributed by atoms with E-state index in [1.165, 1.54) is 51.4 Å². The van der Waals surface area contributed by atoms with Gasteiger partial charge < -0.3 is 24.4 Å². The van der Waals surface area contributed by atoms with Crippen LogP contribution in [0.3, 0.4) is 0 Å². The molecule has 5 aliphatic carbocycles. The molecule has 2 N–H and O–H groups in total. The molecule has 0 aromatic rings. The summed E-state index contributed by atoms with van der Waals surface area (Å²) in [4.78, 5) is 13.3. The highest BCUT2D eigenvalue weighted by molar-refractivity contribution is 5.66. The summed E-state index contributed by atoms with van der Waals surface area (Å²) in [6, 6.07) is 0. The molecule has 0 bridgehead atoms. The Hall–Kier alpha value is -0.730. The number of carbonyl (C=O) groups is 1. The Bertz CT molecular complexity index is 1070. The zero-order valence-electron chi connectivity index (χ0n) is 27.6. The van der Waals surface area contributed by atoms with E-state index < -0.39 is 11.6 Å². The van der Waals surface area contributed by atoms with Crippen molar-refractivity contribution in [3.8, 4) is 0 Å². The van der Waals surface area contributed by atoms with E-state index in [2.05, 4.69) is 25.7 Å². The van der Waals surface area contributed by atoms with Crippen LogP contribution in [0.25, 0.3) is 0 Å². The lowest BCUT2D eigenvalue weighted by Gasteiger charge is -2.60. The van der Waals surface area contributed by atoms with Crippen molar-refractivity contribution in [1.82, 2.24) is 4.90 Å². The number of morpholine rings is 1. The third-order valence-electron chi connectivity index (χ3n) is 14.6. The summed E-state index contributed by atoms with van der Waals surface area (Å²) >= 11 is 0. The first kappa shape index (κ1) is 30.9. The Morgan fingerprint density at radius 3 is 2.56 bits per heavy atom. The van der Waals surface area contributed by atoms with Gasteiger partial charge in [0, 0.05) is 25.9 Å². The van der Waals surface area contributed by atoms with Crippen LogP contribution in [0.15, 0.2) is 0 Å². The van der Waals surface area contributed by atoms with Crippen LogP contribution in [-0.2, 0) is 19.0 Å². The SMILES string of the molecule is CC(C)(O)CC1CC[C@H]2C(CC3C4CCC5C(C)(C)C(OC6CN(CCCC(=O)O)CCO6)CCC56CC46CCC32C)O1. The number of hydrogen-bond acceptors (Lipinski definition) is 6. The Balaban J connectivity index is 1.02. The van der Waals surface area contributed by atoms with E-state index in [-0.39, 0.29) is 30.3 Å². The fraction of sp³-hybridized carbons (Fsp3) is 0.972. The molecular formula is C36H59NO6. The van der Waals surface area contributed by atoms with Gasteiger partial charge in [-0.05, 0) is 136 Å². The predicted molar refractivity (Wildman–Crippen MR) is 164 cm³/mol. The highest BCUT2D eigenvalue weighted by atomic mass is 16.7. The van der Waals surface area contributed by atoms with Crippen molar-refractivity contribution in [2.45, 2.75) is 148 Å². The van der Waals surface area contributed by atoms with Gasteiger partial charge in [-0.2, -0.15) is 0 Å². The van der Waals surface area contributed by atoms with E-state index in [4.69, 9.17) is 19.3 Å². The Labute approximate surface area is 259 Å². The number of carboxylic acid groups (broad SMARTS) is 1. The molecule has 0 amide bonds. The molecule has 7 nitrogen and oxygen atoms in total. The molecule has 5 saturated carbocycles. The molecule has 0 aromatic heterocycles. The number of aliphatic hydroxyl groups is 1. The average molecular weight is 602 g/mol. The highest BCUT2D eigenvalue weighted by Gasteiger charge is 2.80.